The van der Waals surface area contributed by atoms with E-state index in [-0.39, 0.29) is 5.91 Å². The number of rotatable bonds is 6. The summed E-state index contributed by atoms with van der Waals surface area (Å²) < 4.78 is 10.5. The minimum Gasteiger partial charge on any atom is -0.491 e. The van der Waals surface area contributed by atoms with E-state index in [9.17, 15) is 4.79 Å². The van der Waals surface area contributed by atoms with Crippen molar-refractivity contribution in [3.8, 4) is 5.75 Å². The Morgan fingerprint density at radius 3 is 2.73 bits per heavy atom. The SMILES string of the molecule is COCCOc1ccc(C(=O)N2CCCC[C@@H](SC)C2)cc1. The molecule has 2 rings (SSSR count). The van der Waals surface area contributed by atoms with E-state index < -0.39 is 0 Å². The minimum absolute atomic E-state index is 0.129. The van der Waals surface area contributed by atoms with Crippen molar-refractivity contribution in [2.75, 3.05) is 39.7 Å². The molecule has 0 spiro atoms. The maximum Gasteiger partial charge on any atom is 0.253 e. The smallest absolute Gasteiger partial charge is 0.253 e. The molecular formula is C17H25NO3S. The van der Waals surface area contributed by atoms with Crippen molar-refractivity contribution in [3.63, 3.8) is 0 Å². The van der Waals surface area contributed by atoms with E-state index in [0.29, 0.717) is 18.5 Å². The maximum absolute atomic E-state index is 12.6. The van der Waals surface area contributed by atoms with Gasteiger partial charge in [-0.2, -0.15) is 11.8 Å². The summed E-state index contributed by atoms with van der Waals surface area (Å²) in [4.78, 5) is 14.6. The Labute approximate surface area is 137 Å². The van der Waals surface area contributed by atoms with Crippen LogP contribution in [0, 0.1) is 0 Å². The van der Waals surface area contributed by atoms with Gasteiger partial charge in [-0.3, -0.25) is 4.79 Å². The lowest BCUT2D eigenvalue weighted by Crippen LogP contribution is -2.35. The van der Waals surface area contributed by atoms with Gasteiger partial charge in [0, 0.05) is 31.0 Å². The van der Waals surface area contributed by atoms with Crippen LogP contribution in [0.2, 0.25) is 0 Å². The van der Waals surface area contributed by atoms with Crippen LogP contribution in [-0.2, 0) is 4.74 Å². The summed E-state index contributed by atoms with van der Waals surface area (Å²) in [5, 5.41) is 0.558. The van der Waals surface area contributed by atoms with Crippen LogP contribution >= 0.6 is 11.8 Å². The van der Waals surface area contributed by atoms with Gasteiger partial charge in [0.2, 0.25) is 0 Å². The summed E-state index contributed by atoms with van der Waals surface area (Å²) >= 11 is 1.86. The molecule has 122 valence electrons. The summed E-state index contributed by atoms with van der Waals surface area (Å²) in [6.45, 7) is 2.80. The molecule has 1 aromatic rings. The third kappa shape index (κ3) is 4.92. The molecule has 1 amide bonds. The van der Waals surface area contributed by atoms with Gasteiger partial charge < -0.3 is 14.4 Å². The van der Waals surface area contributed by atoms with Gasteiger partial charge in [0.1, 0.15) is 12.4 Å². The fourth-order valence-corrected chi connectivity index (χ4v) is 3.33. The van der Waals surface area contributed by atoms with Gasteiger partial charge in [-0.25, -0.2) is 0 Å². The largest absolute Gasteiger partial charge is 0.491 e. The van der Waals surface area contributed by atoms with Crippen LogP contribution in [0.3, 0.4) is 0 Å². The molecule has 1 aromatic carbocycles. The number of likely N-dealkylation sites (tertiary alicyclic amines) is 1. The second-order valence-electron chi connectivity index (χ2n) is 5.47. The third-order valence-electron chi connectivity index (χ3n) is 3.91. The molecule has 0 radical (unpaired) electrons. The molecule has 0 N–H and O–H groups in total. The number of nitrogens with zero attached hydrogens (tertiary/aromatic N) is 1. The molecule has 1 aliphatic rings. The predicted octanol–water partition coefficient (Wildman–Crippen LogP) is 3.07. The lowest BCUT2D eigenvalue weighted by molar-refractivity contribution is 0.0763. The van der Waals surface area contributed by atoms with Crippen molar-refractivity contribution >= 4 is 17.7 Å². The third-order valence-corrected chi connectivity index (χ3v) is 4.96. The van der Waals surface area contributed by atoms with Crippen LogP contribution in [0.25, 0.3) is 0 Å². The van der Waals surface area contributed by atoms with Gasteiger partial charge in [-0.1, -0.05) is 6.42 Å². The lowest BCUT2D eigenvalue weighted by atomic mass is 10.2. The molecule has 1 saturated heterocycles. The van der Waals surface area contributed by atoms with Crippen molar-refractivity contribution in [1.29, 1.82) is 0 Å². The van der Waals surface area contributed by atoms with Crippen LogP contribution in [0.1, 0.15) is 29.6 Å². The maximum atomic E-state index is 12.6. The standard InChI is InChI=1S/C17H25NO3S/c1-20-11-12-21-15-8-6-14(7-9-15)17(19)18-10-4-3-5-16(13-18)22-2/h6-9,16H,3-5,10-13H2,1-2H3/t16-/m1/s1. The highest BCUT2D eigenvalue weighted by molar-refractivity contribution is 7.99. The highest BCUT2D eigenvalue weighted by Crippen LogP contribution is 2.22. The van der Waals surface area contributed by atoms with Crippen molar-refractivity contribution in [2.45, 2.75) is 24.5 Å². The Kier molecular flexibility index (Phi) is 7.06. The predicted molar refractivity (Wildman–Crippen MR) is 90.9 cm³/mol. The summed E-state index contributed by atoms with van der Waals surface area (Å²) in [5.74, 6) is 0.899. The number of amides is 1. The van der Waals surface area contributed by atoms with E-state index in [1.165, 1.54) is 12.8 Å². The van der Waals surface area contributed by atoms with Crippen molar-refractivity contribution in [1.82, 2.24) is 4.90 Å². The summed E-state index contributed by atoms with van der Waals surface area (Å²) in [6.07, 6.45) is 5.64. The fourth-order valence-electron chi connectivity index (χ4n) is 2.60. The Morgan fingerprint density at radius 1 is 1.27 bits per heavy atom. The van der Waals surface area contributed by atoms with Gasteiger partial charge in [0.15, 0.2) is 0 Å². The summed E-state index contributed by atoms with van der Waals surface area (Å²) in [7, 11) is 1.65. The monoisotopic (exact) mass is 323 g/mol. The van der Waals surface area contributed by atoms with Crippen LogP contribution in [-0.4, -0.2) is 55.7 Å². The highest BCUT2D eigenvalue weighted by atomic mass is 32.2. The second kappa shape index (κ2) is 9.06. The molecule has 1 fully saturated rings. The molecule has 0 unspecified atom stereocenters. The Hall–Kier alpha value is -1.20. The molecular weight excluding hydrogens is 298 g/mol. The molecule has 5 heteroatoms. The average Bonchev–Trinajstić information content (AvgIpc) is 2.81. The summed E-state index contributed by atoms with van der Waals surface area (Å²) in [5.41, 5.74) is 0.737. The van der Waals surface area contributed by atoms with Gasteiger partial charge in [0.25, 0.3) is 5.91 Å². The van der Waals surface area contributed by atoms with Crippen LogP contribution in [0.15, 0.2) is 24.3 Å². The Bertz CT molecular complexity index is 463. The first-order valence-corrected chi connectivity index (χ1v) is 9.07. The van der Waals surface area contributed by atoms with Gasteiger partial charge in [-0.05, 0) is 43.4 Å². The number of ether oxygens (including phenoxy) is 2. The molecule has 4 nitrogen and oxygen atoms in total. The van der Waals surface area contributed by atoms with Crippen LogP contribution in [0.4, 0.5) is 0 Å². The molecule has 0 bridgehead atoms. The fraction of sp³-hybridized carbons (Fsp3) is 0.588. The number of benzene rings is 1. The highest BCUT2D eigenvalue weighted by Gasteiger charge is 2.22. The van der Waals surface area contributed by atoms with Crippen molar-refractivity contribution in [2.24, 2.45) is 0 Å². The molecule has 1 aliphatic heterocycles. The molecule has 1 heterocycles. The number of carbonyl (C=O) groups excluding carboxylic acids is 1. The topological polar surface area (TPSA) is 38.8 Å². The first-order valence-electron chi connectivity index (χ1n) is 7.78. The van der Waals surface area contributed by atoms with Gasteiger partial charge in [0.05, 0.1) is 6.61 Å². The Morgan fingerprint density at radius 2 is 2.05 bits per heavy atom. The Balaban J connectivity index is 1.96. The van der Waals surface area contributed by atoms with Crippen molar-refractivity contribution < 1.29 is 14.3 Å². The van der Waals surface area contributed by atoms with E-state index >= 15 is 0 Å². The van der Waals surface area contributed by atoms with Crippen LogP contribution < -0.4 is 4.74 Å². The summed E-state index contributed by atoms with van der Waals surface area (Å²) in [6, 6.07) is 7.41. The van der Waals surface area contributed by atoms with Gasteiger partial charge >= 0.3 is 0 Å². The van der Waals surface area contributed by atoms with Crippen molar-refractivity contribution in [3.05, 3.63) is 29.8 Å². The number of hydrogen-bond donors (Lipinski definition) is 0. The van der Waals surface area contributed by atoms with E-state index in [1.807, 2.05) is 40.9 Å². The molecule has 0 aliphatic carbocycles. The lowest BCUT2D eigenvalue weighted by Gasteiger charge is -2.23. The molecule has 0 aromatic heterocycles. The van der Waals surface area contributed by atoms with E-state index in [2.05, 4.69) is 6.26 Å². The van der Waals surface area contributed by atoms with Gasteiger partial charge in [-0.15, -0.1) is 0 Å². The first-order chi connectivity index (χ1) is 10.7. The first kappa shape index (κ1) is 17.2. The zero-order valence-electron chi connectivity index (χ0n) is 13.4. The second-order valence-corrected chi connectivity index (χ2v) is 6.61. The zero-order chi connectivity index (χ0) is 15.8. The number of methoxy groups -OCH3 is 1. The average molecular weight is 323 g/mol. The minimum atomic E-state index is 0.129. The normalized spacial score (nSPS) is 18.8. The van der Waals surface area contributed by atoms with E-state index in [0.717, 1.165) is 30.8 Å². The number of thioether (sulfide) groups is 1. The molecule has 22 heavy (non-hydrogen) atoms. The molecule has 1 atom stereocenters. The van der Waals surface area contributed by atoms with Crippen LogP contribution in [0.5, 0.6) is 5.75 Å². The number of hydrogen-bond acceptors (Lipinski definition) is 4. The zero-order valence-corrected chi connectivity index (χ0v) is 14.2. The van der Waals surface area contributed by atoms with E-state index in [4.69, 9.17) is 9.47 Å². The number of carbonyl (C=O) groups is 1. The van der Waals surface area contributed by atoms with E-state index in [1.54, 1.807) is 7.11 Å². The quantitative estimate of drug-likeness (QED) is 0.754. The molecule has 0 saturated carbocycles.